The van der Waals surface area contributed by atoms with E-state index in [1.807, 2.05) is 0 Å². The molecule has 5 heteroatoms. The topological polar surface area (TPSA) is 58.2 Å². The van der Waals surface area contributed by atoms with Crippen LogP contribution in [0.4, 0.5) is 15.8 Å². The molecular formula is C10H11FN2O2. The zero-order valence-corrected chi connectivity index (χ0v) is 8.43. The summed E-state index contributed by atoms with van der Waals surface area (Å²) in [7, 11) is 0. The van der Waals surface area contributed by atoms with Crippen molar-refractivity contribution in [1.82, 2.24) is 0 Å². The molecule has 1 aromatic rings. The van der Waals surface area contributed by atoms with E-state index in [1.54, 1.807) is 0 Å². The van der Waals surface area contributed by atoms with Crippen molar-refractivity contribution < 1.29 is 14.0 Å². The maximum Gasteiger partial charge on any atom is 0.221 e. The standard InChI is InChI=1S/C10H11FN2O2/c1-6(14)12-8-3-4-9(11)10(5-8)13-7(2)15/h3-5H,1-2H3,(H,12,14)(H,13,15). The molecule has 0 heterocycles. The Kier molecular flexibility index (Phi) is 3.38. The van der Waals surface area contributed by atoms with E-state index in [-0.39, 0.29) is 17.5 Å². The first-order chi connectivity index (χ1) is 6.99. The average molecular weight is 210 g/mol. The number of halogens is 1. The molecule has 0 aliphatic carbocycles. The van der Waals surface area contributed by atoms with Crippen molar-refractivity contribution in [3.8, 4) is 0 Å². The van der Waals surface area contributed by atoms with Crippen molar-refractivity contribution >= 4 is 23.2 Å². The Hall–Kier alpha value is -1.91. The Balaban J connectivity index is 2.94. The van der Waals surface area contributed by atoms with Crippen molar-refractivity contribution in [3.05, 3.63) is 24.0 Å². The van der Waals surface area contributed by atoms with E-state index in [2.05, 4.69) is 10.6 Å². The molecule has 0 saturated carbocycles. The number of anilines is 2. The van der Waals surface area contributed by atoms with Gasteiger partial charge in [0, 0.05) is 19.5 Å². The maximum atomic E-state index is 13.1. The quantitative estimate of drug-likeness (QED) is 0.781. The van der Waals surface area contributed by atoms with Crippen molar-refractivity contribution in [1.29, 1.82) is 0 Å². The summed E-state index contributed by atoms with van der Waals surface area (Å²) in [6, 6.07) is 3.96. The van der Waals surface area contributed by atoms with E-state index in [0.717, 1.165) is 0 Å². The van der Waals surface area contributed by atoms with Crippen LogP contribution < -0.4 is 10.6 Å². The van der Waals surface area contributed by atoms with Crippen LogP contribution in [0.25, 0.3) is 0 Å². The molecule has 0 radical (unpaired) electrons. The lowest BCUT2D eigenvalue weighted by Gasteiger charge is -2.07. The van der Waals surface area contributed by atoms with Crippen molar-refractivity contribution in [2.75, 3.05) is 10.6 Å². The molecule has 0 spiro atoms. The van der Waals surface area contributed by atoms with E-state index in [9.17, 15) is 14.0 Å². The summed E-state index contributed by atoms with van der Waals surface area (Å²) in [5, 5.41) is 4.81. The first-order valence-corrected chi connectivity index (χ1v) is 4.34. The highest BCUT2D eigenvalue weighted by molar-refractivity contribution is 5.92. The lowest BCUT2D eigenvalue weighted by Crippen LogP contribution is -2.10. The third-order valence-corrected chi connectivity index (χ3v) is 1.60. The summed E-state index contributed by atoms with van der Waals surface area (Å²) in [5.74, 6) is -1.16. The third-order valence-electron chi connectivity index (χ3n) is 1.60. The normalized spacial score (nSPS) is 9.53. The molecule has 0 aliphatic rings. The third kappa shape index (κ3) is 3.38. The van der Waals surface area contributed by atoms with Gasteiger partial charge in [0.1, 0.15) is 5.82 Å². The fourth-order valence-electron chi connectivity index (χ4n) is 1.09. The average Bonchev–Trinajstić information content (AvgIpc) is 2.09. The summed E-state index contributed by atoms with van der Waals surface area (Å²) in [6.07, 6.45) is 0. The molecule has 0 aliphatic heterocycles. The lowest BCUT2D eigenvalue weighted by atomic mass is 10.2. The smallest absolute Gasteiger partial charge is 0.221 e. The molecular weight excluding hydrogens is 199 g/mol. The molecule has 2 amide bonds. The zero-order chi connectivity index (χ0) is 11.4. The summed E-state index contributed by atoms with van der Waals surface area (Å²) >= 11 is 0. The highest BCUT2D eigenvalue weighted by atomic mass is 19.1. The summed E-state index contributed by atoms with van der Waals surface area (Å²) in [5.41, 5.74) is 0.487. The van der Waals surface area contributed by atoms with E-state index in [4.69, 9.17) is 0 Å². The van der Waals surface area contributed by atoms with Crippen LogP contribution in [0.15, 0.2) is 18.2 Å². The lowest BCUT2D eigenvalue weighted by molar-refractivity contribution is -0.115. The van der Waals surface area contributed by atoms with Gasteiger partial charge >= 0.3 is 0 Å². The van der Waals surface area contributed by atoms with Crippen molar-refractivity contribution in [2.24, 2.45) is 0 Å². The van der Waals surface area contributed by atoms with Gasteiger partial charge in [-0.1, -0.05) is 0 Å². The number of nitrogens with one attached hydrogen (secondary N) is 2. The van der Waals surface area contributed by atoms with Crippen LogP contribution in [0.5, 0.6) is 0 Å². The van der Waals surface area contributed by atoms with E-state index < -0.39 is 5.82 Å². The number of carbonyl (C=O) groups excluding carboxylic acids is 2. The van der Waals surface area contributed by atoms with Crippen LogP contribution in [-0.4, -0.2) is 11.8 Å². The molecule has 0 fully saturated rings. The fraction of sp³-hybridized carbons (Fsp3) is 0.200. The van der Waals surface area contributed by atoms with Crippen LogP contribution in [0.3, 0.4) is 0 Å². The molecule has 0 saturated heterocycles. The molecule has 0 bridgehead atoms. The van der Waals surface area contributed by atoms with Crippen LogP contribution in [0.1, 0.15) is 13.8 Å². The Morgan fingerprint density at radius 3 is 2.27 bits per heavy atom. The van der Waals surface area contributed by atoms with Crippen molar-refractivity contribution in [2.45, 2.75) is 13.8 Å². The summed E-state index contributed by atoms with van der Waals surface area (Å²) < 4.78 is 13.1. The number of rotatable bonds is 2. The molecule has 0 unspecified atom stereocenters. The van der Waals surface area contributed by atoms with Gasteiger partial charge in [-0.25, -0.2) is 4.39 Å². The van der Waals surface area contributed by atoms with Crippen LogP contribution in [-0.2, 0) is 9.59 Å². The number of amides is 2. The fourth-order valence-corrected chi connectivity index (χ4v) is 1.09. The molecule has 4 nitrogen and oxygen atoms in total. The number of hydrogen-bond donors (Lipinski definition) is 2. The van der Waals surface area contributed by atoms with Gasteiger partial charge in [0.25, 0.3) is 0 Å². The first-order valence-electron chi connectivity index (χ1n) is 4.34. The highest BCUT2D eigenvalue weighted by Crippen LogP contribution is 2.19. The molecule has 15 heavy (non-hydrogen) atoms. The zero-order valence-electron chi connectivity index (χ0n) is 8.43. The minimum absolute atomic E-state index is 0.0498. The van der Waals surface area contributed by atoms with Crippen LogP contribution in [0.2, 0.25) is 0 Å². The maximum absolute atomic E-state index is 13.1. The van der Waals surface area contributed by atoms with E-state index in [1.165, 1.54) is 32.0 Å². The highest BCUT2D eigenvalue weighted by Gasteiger charge is 2.05. The Bertz CT molecular complexity index is 404. The van der Waals surface area contributed by atoms with E-state index >= 15 is 0 Å². The molecule has 80 valence electrons. The minimum atomic E-state index is -0.542. The van der Waals surface area contributed by atoms with Gasteiger partial charge in [-0.3, -0.25) is 9.59 Å². The van der Waals surface area contributed by atoms with Gasteiger partial charge in [0.15, 0.2) is 0 Å². The van der Waals surface area contributed by atoms with Gasteiger partial charge in [0.2, 0.25) is 11.8 Å². The molecule has 2 N–H and O–H groups in total. The monoisotopic (exact) mass is 210 g/mol. The Morgan fingerprint density at radius 1 is 1.13 bits per heavy atom. The van der Waals surface area contributed by atoms with Gasteiger partial charge in [-0.05, 0) is 18.2 Å². The van der Waals surface area contributed by atoms with Gasteiger partial charge in [-0.15, -0.1) is 0 Å². The second kappa shape index (κ2) is 4.54. The largest absolute Gasteiger partial charge is 0.326 e. The van der Waals surface area contributed by atoms with Gasteiger partial charge < -0.3 is 10.6 Å². The molecule has 0 aromatic heterocycles. The second-order valence-electron chi connectivity index (χ2n) is 3.06. The molecule has 1 aromatic carbocycles. The summed E-state index contributed by atoms with van der Waals surface area (Å²) in [6.45, 7) is 2.63. The Labute approximate surface area is 86.5 Å². The van der Waals surface area contributed by atoms with Crippen LogP contribution in [0, 0.1) is 5.82 Å². The predicted octanol–water partition coefficient (Wildman–Crippen LogP) is 1.74. The van der Waals surface area contributed by atoms with Gasteiger partial charge in [-0.2, -0.15) is 0 Å². The van der Waals surface area contributed by atoms with E-state index in [0.29, 0.717) is 5.69 Å². The first kappa shape index (κ1) is 11.2. The van der Waals surface area contributed by atoms with Crippen molar-refractivity contribution in [3.63, 3.8) is 0 Å². The number of hydrogen-bond acceptors (Lipinski definition) is 2. The van der Waals surface area contributed by atoms with Gasteiger partial charge in [0.05, 0.1) is 5.69 Å². The molecule has 1 rings (SSSR count). The van der Waals surface area contributed by atoms with Crippen LogP contribution >= 0.6 is 0 Å². The number of carbonyl (C=O) groups is 2. The number of benzene rings is 1. The summed E-state index contributed by atoms with van der Waals surface area (Å²) in [4.78, 5) is 21.5. The second-order valence-corrected chi connectivity index (χ2v) is 3.06. The Morgan fingerprint density at radius 2 is 1.73 bits per heavy atom. The SMILES string of the molecule is CC(=O)Nc1ccc(F)c(NC(C)=O)c1. The predicted molar refractivity (Wildman–Crippen MR) is 55.0 cm³/mol. The minimum Gasteiger partial charge on any atom is -0.326 e. The molecule has 0 atom stereocenters.